The Kier molecular flexibility index (Phi) is 6.46. The van der Waals surface area contributed by atoms with Crippen molar-refractivity contribution >= 4 is 29.0 Å². The largest absolute Gasteiger partial charge is 0.355 e. The lowest BCUT2D eigenvalue weighted by atomic mass is 10.1. The molecule has 1 N–H and O–H groups in total. The number of benzene rings is 1. The van der Waals surface area contributed by atoms with Crippen LogP contribution in [-0.4, -0.2) is 32.5 Å². The first-order valence-corrected chi connectivity index (χ1v) is 10.3. The molecule has 0 radical (unpaired) electrons. The number of thiazole rings is 1. The number of thioether (sulfide) groups is 1. The van der Waals surface area contributed by atoms with E-state index < -0.39 is 0 Å². The highest BCUT2D eigenvalue weighted by atomic mass is 32.2. The molecule has 5 nitrogen and oxygen atoms in total. The van der Waals surface area contributed by atoms with Gasteiger partial charge in [-0.15, -0.1) is 23.1 Å². The molecule has 0 saturated carbocycles. The maximum Gasteiger partial charge on any atom is 0.224 e. The van der Waals surface area contributed by atoms with Gasteiger partial charge in [0.05, 0.1) is 12.1 Å². The quantitative estimate of drug-likeness (QED) is 0.599. The minimum absolute atomic E-state index is 0.0387. The van der Waals surface area contributed by atoms with Crippen LogP contribution in [0, 0.1) is 0 Å². The number of hydrogen-bond acceptors (Lipinski definition) is 5. The summed E-state index contributed by atoms with van der Waals surface area (Å²) in [4.78, 5) is 17.9. The van der Waals surface area contributed by atoms with Crippen LogP contribution in [0.5, 0.6) is 0 Å². The first-order chi connectivity index (χ1) is 12.6. The summed E-state index contributed by atoms with van der Waals surface area (Å²) in [6.45, 7) is 4.93. The highest BCUT2D eigenvalue weighted by Gasteiger charge is 2.07. The third kappa shape index (κ3) is 5.44. The van der Waals surface area contributed by atoms with Crippen molar-refractivity contribution in [1.29, 1.82) is 0 Å². The highest BCUT2D eigenvalue weighted by Crippen LogP contribution is 2.23. The van der Waals surface area contributed by atoms with Crippen LogP contribution in [-0.2, 0) is 17.6 Å². The fourth-order valence-electron chi connectivity index (χ4n) is 2.43. The molecule has 0 unspecified atom stereocenters. The summed E-state index contributed by atoms with van der Waals surface area (Å²) in [5, 5.41) is 10.5. The van der Waals surface area contributed by atoms with Crippen molar-refractivity contribution in [2.45, 2.75) is 36.8 Å². The lowest BCUT2D eigenvalue weighted by Crippen LogP contribution is -2.27. The molecule has 0 aliphatic heterocycles. The molecule has 1 amide bonds. The van der Waals surface area contributed by atoms with Crippen LogP contribution < -0.4 is 5.32 Å². The molecule has 0 bridgehead atoms. The number of aromatic nitrogens is 3. The topological polar surface area (TPSA) is 59.8 Å². The molecule has 1 aromatic carbocycles. The van der Waals surface area contributed by atoms with Gasteiger partial charge in [-0.25, -0.2) is 9.67 Å². The molecule has 0 saturated heterocycles. The number of nitrogens with one attached hydrogen (secondary N) is 1. The van der Waals surface area contributed by atoms with E-state index in [1.807, 2.05) is 41.5 Å². The van der Waals surface area contributed by atoms with Gasteiger partial charge in [0.15, 0.2) is 0 Å². The second-order valence-corrected chi connectivity index (χ2v) is 8.65. The van der Waals surface area contributed by atoms with Gasteiger partial charge in [0, 0.05) is 40.9 Å². The van der Waals surface area contributed by atoms with Gasteiger partial charge >= 0.3 is 0 Å². The summed E-state index contributed by atoms with van der Waals surface area (Å²) in [6.07, 6.45) is 4.72. The Balaban J connectivity index is 1.43. The van der Waals surface area contributed by atoms with Gasteiger partial charge in [0.25, 0.3) is 0 Å². The van der Waals surface area contributed by atoms with Crippen LogP contribution in [0.2, 0.25) is 0 Å². The Hall–Kier alpha value is -2.12. The van der Waals surface area contributed by atoms with Crippen LogP contribution in [0.25, 0.3) is 5.13 Å². The molecule has 0 aliphatic rings. The van der Waals surface area contributed by atoms with E-state index in [1.54, 1.807) is 22.2 Å². The zero-order valence-electron chi connectivity index (χ0n) is 14.9. The second kappa shape index (κ2) is 9.00. The maximum absolute atomic E-state index is 12.1. The smallest absolute Gasteiger partial charge is 0.224 e. The molecule has 2 heterocycles. The SMILES string of the molecule is CC(C)Sc1ccc(CC(=O)NCCc2csc(-n3cccn3)n2)cc1. The molecule has 0 aliphatic carbocycles. The van der Waals surface area contributed by atoms with Gasteiger partial charge in [-0.3, -0.25) is 4.79 Å². The van der Waals surface area contributed by atoms with Crippen LogP contribution in [0.3, 0.4) is 0 Å². The normalized spacial score (nSPS) is 11.0. The van der Waals surface area contributed by atoms with Gasteiger partial charge in [0.2, 0.25) is 11.0 Å². The fourth-order valence-corrected chi connectivity index (χ4v) is 4.07. The summed E-state index contributed by atoms with van der Waals surface area (Å²) in [6, 6.07) is 10.1. The summed E-state index contributed by atoms with van der Waals surface area (Å²) in [7, 11) is 0. The molecular weight excluding hydrogens is 364 g/mol. The van der Waals surface area contributed by atoms with E-state index in [9.17, 15) is 4.79 Å². The van der Waals surface area contributed by atoms with Gasteiger partial charge in [-0.1, -0.05) is 26.0 Å². The first-order valence-electron chi connectivity index (χ1n) is 8.57. The van der Waals surface area contributed by atoms with E-state index in [0.717, 1.165) is 16.4 Å². The summed E-state index contributed by atoms with van der Waals surface area (Å²) in [5.41, 5.74) is 2.00. The minimum atomic E-state index is 0.0387. The number of nitrogens with zero attached hydrogens (tertiary/aromatic N) is 3. The van der Waals surface area contributed by atoms with Crippen molar-refractivity contribution in [3.8, 4) is 5.13 Å². The van der Waals surface area contributed by atoms with Crippen molar-refractivity contribution in [1.82, 2.24) is 20.1 Å². The lowest BCUT2D eigenvalue weighted by Gasteiger charge is -2.07. The number of carbonyl (C=O) groups excluding carboxylic acids is 1. The molecule has 26 heavy (non-hydrogen) atoms. The van der Waals surface area contributed by atoms with Gasteiger partial charge in [0.1, 0.15) is 0 Å². The van der Waals surface area contributed by atoms with Crippen LogP contribution >= 0.6 is 23.1 Å². The van der Waals surface area contributed by atoms with E-state index in [2.05, 4.69) is 41.4 Å². The zero-order valence-corrected chi connectivity index (χ0v) is 16.5. The number of hydrogen-bond donors (Lipinski definition) is 1. The molecule has 0 atom stereocenters. The van der Waals surface area contributed by atoms with Crippen molar-refractivity contribution in [3.63, 3.8) is 0 Å². The standard InChI is InChI=1S/C19H22N4OS2/c1-14(2)26-17-6-4-15(5-7-17)12-18(24)20-10-8-16-13-25-19(22-16)23-11-3-9-21-23/h3-7,9,11,13-14H,8,10,12H2,1-2H3,(H,20,24). The monoisotopic (exact) mass is 386 g/mol. The first kappa shape index (κ1) is 18.7. The highest BCUT2D eigenvalue weighted by molar-refractivity contribution is 7.99. The molecule has 136 valence electrons. The van der Waals surface area contributed by atoms with Crippen LogP contribution in [0.4, 0.5) is 0 Å². The molecule has 0 spiro atoms. The molecule has 3 rings (SSSR count). The Bertz CT molecular complexity index is 826. The van der Waals surface area contributed by atoms with Gasteiger partial charge < -0.3 is 5.32 Å². The zero-order chi connectivity index (χ0) is 18.4. The molecule has 7 heteroatoms. The average Bonchev–Trinajstić information content (AvgIpc) is 3.27. The van der Waals surface area contributed by atoms with Gasteiger partial charge in [-0.05, 0) is 23.8 Å². The predicted octanol–water partition coefficient (Wildman–Crippen LogP) is 3.73. The lowest BCUT2D eigenvalue weighted by molar-refractivity contribution is -0.120. The van der Waals surface area contributed by atoms with E-state index in [4.69, 9.17) is 0 Å². The Morgan fingerprint density at radius 2 is 2.12 bits per heavy atom. The van der Waals surface area contributed by atoms with Gasteiger partial charge in [-0.2, -0.15) is 5.10 Å². The van der Waals surface area contributed by atoms with Crippen molar-refractivity contribution in [2.75, 3.05) is 6.54 Å². The second-order valence-electron chi connectivity index (χ2n) is 6.16. The van der Waals surface area contributed by atoms with Crippen molar-refractivity contribution in [3.05, 3.63) is 59.4 Å². The number of carbonyl (C=O) groups is 1. The van der Waals surface area contributed by atoms with Crippen LogP contribution in [0.1, 0.15) is 25.1 Å². The van der Waals surface area contributed by atoms with E-state index >= 15 is 0 Å². The molecule has 0 fully saturated rings. The molecular formula is C19H22N4OS2. The Labute approximate surface area is 161 Å². The summed E-state index contributed by atoms with van der Waals surface area (Å²) >= 11 is 3.37. The summed E-state index contributed by atoms with van der Waals surface area (Å²) in [5.74, 6) is 0.0387. The van der Waals surface area contributed by atoms with Crippen molar-refractivity contribution in [2.24, 2.45) is 0 Å². The van der Waals surface area contributed by atoms with Crippen LogP contribution in [0.15, 0.2) is 53.0 Å². The average molecular weight is 387 g/mol. The predicted molar refractivity (Wildman–Crippen MR) is 107 cm³/mol. The van der Waals surface area contributed by atoms with E-state index in [1.165, 1.54) is 4.90 Å². The van der Waals surface area contributed by atoms with E-state index in [-0.39, 0.29) is 5.91 Å². The van der Waals surface area contributed by atoms with Crippen molar-refractivity contribution < 1.29 is 4.79 Å². The molecule has 3 aromatic rings. The van der Waals surface area contributed by atoms with E-state index in [0.29, 0.717) is 24.6 Å². The third-order valence-corrected chi connectivity index (χ3v) is 5.50. The summed E-state index contributed by atoms with van der Waals surface area (Å²) < 4.78 is 1.74. The maximum atomic E-state index is 12.1. The Morgan fingerprint density at radius 1 is 1.31 bits per heavy atom. The third-order valence-electron chi connectivity index (χ3n) is 3.60. The number of rotatable bonds is 8. The Morgan fingerprint density at radius 3 is 2.81 bits per heavy atom. The fraction of sp³-hybridized carbons (Fsp3) is 0.316. The molecule has 2 aromatic heterocycles. The minimum Gasteiger partial charge on any atom is -0.355 e. The number of amides is 1.